The minimum absolute atomic E-state index is 0.0430. The molecule has 0 N–H and O–H groups in total. The molecule has 20 heavy (non-hydrogen) atoms. The quantitative estimate of drug-likeness (QED) is 0.694. The summed E-state index contributed by atoms with van der Waals surface area (Å²) < 4.78 is 20.1. The molecule has 1 aromatic carbocycles. The third-order valence-corrected chi connectivity index (χ3v) is 3.48. The highest BCUT2D eigenvalue weighted by molar-refractivity contribution is 6.31. The Balaban J connectivity index is 2.01. The van der Waals surface area contributed by atoms with Crippen molar-refractivity contribution in [3.8, 4) is 0 Å². The first-order valence-corrected chi connectivity index (χ1v) is 6.75. The summed E-state index contributed by atoms with van der Waals surface area (Å²) in [5.74, 6) is 0.954. The molecule has 3 aromatic rings. The van der Waals surface area contributed by atoms with E-state index in [1.807, 2.05) is 4.57 Å². The minimum Gasteiger partial charge on any atom is -0.343 e. The monoisotopic (exact) mass is 314 g/mol. The maximum Gasteiger partial charge on any atom is 0.213 e. The predicted octanol–water partition coefficient (Wildman–Crippen LogP) is 3.19. The first kappa shape index (κ1) is 13.3. The van der Waals surface area contributed by atoms with E-state index in [0.29, 0.717) is 35.6 Å². The van der Waals surface area contributed by atoms with Crippen LogP contribution in [-0.2, 0) is 18.8 Å². The third kappa shape index (κ3) is 2.36. The van der Waals surface area contributed by atoms with Gasteiger partial charge in [0.05, 0.1) is 21.9 Å². The van der Waals surface area contributed by atoms with Crippen molar-refractivity contribution in [2.75, 3.05) is 0 Å². The molecule has 0 saturated heterocycles. The molecule has 3 rings (SSSR count). The molecule has 0 spiro atoms. The number of hydrogen-bond donors (Lipinski definition) is 0. The zero-order valence-electron chi connectivity index (χ0n) is 10.2. The number of aryl methyl sites for hydroxylation is 2. The molecule has 2 heterocycles. The van der Waals surface area contributed by atoms with E-state index in [0.717, 1.165) is 0 Å². The number of fused-ring (bicyclic) bond motifs is 1. The average molecular weight is 315 g/mol. The van der Waals surface area contributed by atoms with Gasteiger partial charge in [0.15, 0.2) is 5.82 Å². The van der Waals surface area contributed by atoms with E-state index < -0.39 is 5.82 Å². The Morgan fingerprint density at radius 1 is 1.35 bits per heavy atom. The second kappa shape index (κ2) is 5.38. The van der Waals surface area contributed by atoms with E-state index in [4.69, 9.17) is 23.2 Å². The standard InChI is InChI=1S/C12H9Cl2FN4O/c13-5-12-17-9-3-7(14)8(15)4-10(9)19(12)2-1-11-16-6-20-18-11/h3-4,6H,1-2,5H2. The third-order valence-electron chi connectivity index (χ3n) is 2.95. The van der Waals surface area contributed by atoms with Crippen molar-refractivity contribution in [2.24, 2.45) is 0 Å². The maximum atomic E-state index is 13.6. The summed E-state index contributed by atoms with van der Waals surface area (Å²) in [6.07, 6.45) is 1.80. The van der Waals surface area contributed by atoms with Crippen LogP contribution in [0.4, 0.5) is 4.39 Å². The normalized spacial score (nSPS) is 11.3. The van der Waals surface area contributed by atoms with Crippen molar-refractivity contribution in [3.63, 3.8) is 0 Å². The fourth-order valence-electron chi connectivity index (χ4n) is 2.04. The Morgan fingerprint density at radius 2 is 2.20 bits per heavy atom. The van der Waals surface area contributed by atoms with Crippen LogP contribution in [0.2, 0.25) is 5.02 Å². The van der Waals surface area contributed by atoms with Crippen molar-refractivity contribution in [3.05, 3.63) is 41.0 Å². The van der Waals surface area contributed by atoms with Crippen LogP contribution in [0.5, 0.6) is 0 Å². The van der Waals surface area contributed by atoms with E-state index in [1.165, 1.54) is 18.5 Å². The maximum absolute atomic E-state index is 13.6. The molecule has 2 aromatic heterocycles. The molecule has 0 aliphatic heterocycles. The van der Waals surface area contributed by atoms with Crippen molar-refractivity contribution >= 4 is 34.2 Å². The number of aromatic nitrogens is 4. The highest BCUT2D eigenvalue weighted by Gasteiger charge is 2.13. The first-order valence-electron chi connectivity index (χ1n) is 5.84. The Bertz CT molecular complexity index is 742. The van der Waals surface area contributed by atoms with Gasteiger partial charge < -0.3 is 9.09 Å². The fraction of sp³-hybridized carbons (Fsp3) is 0.250. The number of benzene rings is 1. The molecular formula is C12H9Cl2FN4O. The van der Waals surface area contributed by atoms with Crippen LogP contribution in [0.1, 0.15) is 11.6 Å². The van der Waals surface area contributed by atoms with E-state index in [1.54, 1.807) is 0 Å². The predicted molar refractivity (Wildman–Crippen MR) is 72.3 cm³/mol. The SMILES string of the molecule is Fc1cc2c(cc1Cl)nc(CCl)n2CCc1ncon1. The van der Waals surface area contributed by atoms with Crippen molar-refractivity contribution in [1.29, 1.82) is 0 Å². The summed E-state index contributed by atoms with van der Waals surface area (Å²) in [5, 5.41) is 3.78. The van der Waals surface area contributed by atoms with Crippen molar-refractivity contribution in [1.82, 2.24) is 19.7 Å². The van der Waals surface area contributed by atoms with Gasteiger partial charge in [-0.2, -0.15) is 4.98 Å². The average Bonchev–Trinajstić information content (AvgIpc) is 3.05. The molecule has 0 aliphatic rings. The summed E-state index contributed by atoms with van der Waals surface area (Å²) in [7, 11) is 0. The number of halogens is 3. The number of alkyl halides is 1. The second-order valence-corrected chi connectivity index (χ2v) is 4.84. The first-order chi connectivity index (χ1) is 9.69. The van der Waals surface area contributed by atoms with Gasteiger partial charge in [-0.1, -0.05) is 16.8 Å². The molecule has 0 aliphatic carbocycles. The van der Waals surface area contributed by atoms with Gasteiger partial charge in [-0.25, -0.2) is 9.37 Å². The van der Waals surface area contributed by atoms with Gasteiger partial charge in [-0.3, -0.25) is 0 Å². The highest BCUT2D eigenvalue weighted by Crippen LogP contribution is 2.24. The van der Waals surface area contributed by atoms with Crippen LogP contribution in [0, 0.1) is 5.82 Å². The van der Waals surface area contributed by atoms with Crippen LogP contribution < -0.4 is 0 Å². The molecule has 0 unspecified atom stereocenters. The van der Waals surface area contributed by atoms with Gasteiger partial charge in [0, 0.05) is 19.0 Å². The summed E-state index contributed by atoms with van der Waals surface area (Å²) in [4.78, 5) is 8.29. The van der Waals surface area contributed by atoms with E-state index in [-0.39, 0.29) is 10.9 Å². The lowest BCUT2D eigenvalue weighted by atomic mass is 10.3. The molecule has 0 saturated carbocycles. The fourth-order valence-corrected chi connectivity index (χ4v) is 2.40. The van der Waals surface area contributed by atoms with E-state index in [9.17, 15) is 4.39 Å². The van der Waals surface area contributed by atoms with Crippen molar-refractivity contribution < 1.29 is 8.91 Å². The minimum atomic E-state index is -0.485. The van der Waals surface area contributed by atoms with Crippen LogP contribution in [-0.4, -0.2) is 19.7 Å². The van der Waals surface area contributed by atoms with Gasteiger partial charge in [0.25, 0.3) is 0 Å². The molecule has 0 radical (unpaired) electrons. The molecule has 8 heteroatoms. The second-order valence-electron chi connectivity index (χ2n) is 4.17. The lowest BCUT2D eigenvalue weighted by molar-refractivity contribution is 0.408. The Kier molecular flexibility index (Phi) is 3.58. The van der Waals surface area contributed by atoms with Crippen LogP contribution in [0.3, 0.4) is 0 Å². The molecule has 0 bridgehead atoms. The highest BCUT2D eigenvalue weighted by atomic mass is 35.5. The number of hydrogen-bond acceptors (Lipinski definition) is 4. The van der Waals surface area contributed by atoms with Gasteiger partial charge in [-0.15, -0.1) is 11.6 Å². The molecule has 0 atom stereocenters. The molecular weight excluding hydrogens is 306 g/mol. The van der Waals surface area contributed by atoms with Gasteiger partial charge >= 0.3 is 0 Å². The summed E-state index contributed by atoms with van der Waals surface area (Å²) >= 11 is 11.6. The number of rotatable bonds is 4. The Labute approximate surface area is 123 Å². The lowest BCUT2D eigenvalue weighted by Crippen LogP contribution is -2.06. The number of nitrogens with zero attached hydrogens (tertiary/aromatic N) is 4. The molecule has 0 fully saturated rings. The van der Waals surface area contributed by atoms with Crippen LogP contribution in [0.15, 0.2) is 23.0 Å². The van der Waals surface area contributed by atoms with Crippen LogP contribution >= 0.6 is 23.2 Å². The van der Waals surface area contributed by atoms with Crippen molar-refractivity contribution in [2.45, 2.75) is 18.8 Å². The lowest BCUT2D eigenvalue weighted by Gasteiger charge is -2.06. The Morgan fingerprint density at radius 3 is 2.90 bits per heavy atom. The Hall–Kier alpha value is -1.66. The zero-order chi connectivity index (χ0) is 14.1. The summed E-state index contributed by atoms with van der Waals surface area (Å²) in [6, 6.07) is 2.85. The van der Waals surface area contributed by atoms with E-state index in [2.05, 4.69) is 19.6 Å². The smallest absolute Gasteiger partial charge is 0.213 e. The molecule has 5 nitrogen and oxygen atoms in total. The molecule has 0 amide bonds. The van der Waals surface area contributed by atoms with Gasteiger partial charge in [0.2, 0.25) is 6.39 Å². The molecule has 104 valence electrons. The number of imidazole rings is 1. The zero-order valence-corrected chi connectivity index (χ0v) is 11.7. The largest absolute Gasteiger partial charge is 0.343 e. The van der Waals surface area contributed by atoms with E-state index >= 15 is 0 Å². The van der Waals surface area contributed by atoms with Crippen LogP contribution in [0.25, 0.3) is 11.0 Å². The topological polar surface area (TPSA) is 56.7 Å². The van der Waals surface area contributed by atoms with Gasteiger partial charge in [0.1, 0.15) is 11.6 Å². The summed E-state index contributed by atoms with van der Waals surface area (Å²) in [5.41, 5.74) is 1.26. The van der Waals surface area contributed by atoms with Gasteiger partial charge in [-0.05, 0) is 6.07 Å². The summed E-state index contributed by atoms with van der Waals surface area (Å²) in [6.45, 7) is 0.527.